The molecule has 0 amide bonds. The van der Waals surface area contributed by atoms with Gasteiger partial charge < -0.3 is 5.11 Å². The number of phenolic OH excluding ortho intramolecular Hbond substituents is 1. The number of pyridine rings is 1. The van der Waals surface area contributed by atoms with Gasteiger partial charge in [-0.05, 0) is 148 Å². The van der Waals surface area contributed by atoms with Crippen LogP contribution in [0.4, 0.5) is 0 Å². The molecule has 0 radical (unpaired) electrons. The minimum Gasteiger partial charge on any atom is -0.507 e. The first kappa shape index (κ1) is 32.8. The van der Waals surface area contributed by atoms with Gasteiger partial charge in [0.15, 0.2) is 0 Å². The number of phenols is 1. The summed E-state index contributed by atoms with van der Waals surface area (Å²) in [7, 11) is 0. The van der Waals surface area contributed by atoms with Gasteiger partial charge in [-0.25, -0.2) is 4.98 Å². The number of imidazole rings is 1. The van der Waals surface area contributed by atoms with Gasteiger partial charge in [-0.3, -0.25) is 9.55 Å². The maximum absolute atomic E-state index is 12.3. The van der Waals surface area contributed by atoms with Gasteiger partial charge in [-0.15, -0.1) is 0 Å². The quantitative estimate of drug-likeness (QED) is 0.158. The van der Waals surface area contributed by atoms with Gasteiger partial charge in [0.2, 0.25) is 0 Å². The van der Waals surface area contributed by atoms with Crippen LogP contribution < -0.4 is 0 Å². The van der Waals surface area contributed by atoms with Crippen molar-refractivity contribution < 1.29 is 13.3 Å². The Morgan fingerprint density at radius 3 is 1.97 bits per heavy atom. The Bertz CT molecular complexity index is 3280. The maximum Gasteiger partial charge on any atom is 0.149 e. The highest BCUT2D eigenvalue weighted by Crippen LogP contribution is 2.44. The van der Waals surface area contributed by atoms with Crippen molar-refractivity contribution in [2.24, 2.45) is 0 Å². The summed E-state index contributed by atoms with van der Waals surface area (Å²) in [4.78, 5) is 10.4. The lowest BCUT2D eigenvalue weighted by atomic mass is 9.91. The van der Waals surface area contributed by atoms with Crippen LogP contribution in [0, 0.1) is 20.6 Å². The smallest absolute Gasteiger partial charge is 0.149 e. The molecule has 4 heteroatoms. The van der Waals surface area contributed by atoms with E-state index in [1.54, 1.807) is 30.3 Å². The lowest BCUT2D eigenvalue weighted by molar-refractivity contribution is 0.466. The molecule has 61 heavy (non-hydrogen) atoms. The van der Waals surface area contributed by atoms with Crippen LogP contribution in [0.2, 0.25) is 0 Å². The number of nitrogens with zero attached hydrogens (tertiary/aromatic N) is 3. The van der Waals surface area contributed by atoms with Crippen LogP contribution in [0.25, 0.3) is 83.9 Å². The molecule has 0 fully saturated rings. The summed E-state index contributed by atoms with van der Waals surface area (Å²) in [6.45, 7) is 4.80. The number of benzene rings is 7. The molecule has 0 aliphatic carbocycles. The highest BCUT2D eigenvalue weighted by Gasteiger charge is 2.24. The van der Waals surface area contributed by atoms with Crippen LogP contribution in [0.1, 0.15) is 75.6 Å². The number of hydrogen-bond donors (Lipinski definition) is 1. The third-order valence-electron chi connectivity index (χ3n) is 11.6. The van der Waals surface area contributed by atoms with Gasteiger partial charge >= 0.3 is 0 Å². The number of para-hydroxylation sites is 1. The first-order valence-electron chi connectivity index (χ1n) is 23.8. The Balaban J connectivity index is 1.37. The second-order valence-corrected chi connectivity index (χ2v) is 16.5. The van der Waals surface area contributed by atoms with Crippen LogP contribution in [0.15, 0.2) is 164 Å². The molecule has 0 saturated heterocycles. The third kappa shape index (κ3) is 7.55. The standard InChI is InChI=1S/C57H51N3O/c1-35(2)44-31-50(36(3)4)56(61)52(32-44)57-59-55-49(19-14-20-54(55)60(57)48-27-38(6)39(7)51(34-48)42-17-12-9-13-18-42)46-28-45(40-15-10-8-11-16-40)29-47(30-46)53-33-43(25-26-58-53)41-23-21-37(5)22-24-41/h8-36,61H,1-7H3/i6D3,7D3. The molecular formula is C57H51N3O. The fourth-order valence-corrected chi connectivity index (χ4v) is 8.24. The number of fused-ring (bicyclic) bond motifs is 1. The van der Waals surface area contributed by atoms with Crippen molar-refractivity contribution in [2.45, 2.75) is 60.2 Å². The van der Waals surface area contributed by atoms with E-state index >= 15 is 0 Å². The number of rotatable bonds is 9. The van der Waals surface area contributed by atoms with Crippen LogP contribution in [0.5, 0.6) is 5.75 Å². The highest BCUT2D eigenvalue weighted by molar-refractivity contribution is 5.98. The van der Waals surface area contributed by atoms with Crippen LogP contribution in [-0.2, 0) is 0 Å². The fraction of sp³-hybridized carbons (Fsp3) is 0.158. The molecule has 0 atom stereocenters. The molecule has 4 nitrogen and oxygen atoms in total. The number of aryl methyl sites for hydroxylation is 2. The minimum atomic E-state index is -2.80. The lowest BCUT2D eigenvalue weighted by Crippen LogP contribution is -2.03. The van der Waals surface area contributed by atoms with Gasteiger partial charge in [-0.2, -0.15) is 0 Å². The second kappa shape index (κ2) is 16.2. The van der Waals surface area contributed by atoms with Crippen LogP contribution in [0.3, 0.4) is 0 Å². The Hall–Kier alpha value is -7.04. The van der Waals surface area contributed by atoms with E-state index in [-0.39, 0.29) is 34.3 Å². The predicted molar refractivity (Wildman–Crippen MR) is 256 cm³/mol. The van der Waals surface area contributed by atoms with E-state index in [1.807, 2.05) is 85.3 Å². The number of hydrogen-bond acceptors (Lipinski definition) is 3. The molecule has 9 aromatic rings. The van der Waals surface area contributed by atoms with E-state index in [4.69, 9.17) is 18.2 Å². The zero-order valence-electron chi connectivity index (χ0n) is 41.0. The van der Waals surface area contributed by atoms with Crippen molar-refractivity contribution in [1.82, 2.24) is 14.5 Å². The molecule has 0 aliphatic rings. The molecule has 9 rings (SSSR count). The molecule has 0 saturated carbocycles. The molecule has 1 N–H and O–H groups in total. The van der Waals surface area contributed by atoms with Gasteiger partial charge in [-0.1, -0.05) is 136 Å². The van der Waals surface area contributed by atoms with E-state index in [1.165, 1.54) is 11.6 Å². The van der Waals surface area contributed by atoms with Crippen molar-refractivity contribution in [3.63, 3.8) is 0 Å². The summed E-state index contributed by atoms with van der Waals surface area (Å²) in [5.74, 6) is 0.527. The van der Waals surface area contributed by atoms with E-state index in [9.17, 15) is 5.11 Å². The van der Waals surface area contributed by atoms with Crippen LogP contribution in [-0.4, -0.2) is 19.6 Å². The van der Waals surface area contributed by atoms with Crippen molar-refractivity contribution in [3.8, 4) is 78.6 Å². The highest BCUT2D eigenvalue weighted by atomic mass is 16.3. The fourth-order valence-electron chi connectivity index (χ4n) is 8.24. The maximum atomic E-state index is 12.3. The molecule has 7 aromatic carbocycles. The van der Waals surface area contributed by atoms with Gasteiger partial charge in [0.25, 0.3) is 0 Å². The first-order chi connectivity index (χ1) is 32.0. The average Bonchev–Trinajstić information content (AvgIpc) is 3.71. The monoisotopic (exact) mass is 799 g/mol. The Morgan fingerprint density at radius 1 is 0.557 bits per heavy atom. The normalized spacial score (nSPS) is 13.4. The summed E-state index contributed by atoms with van der Waals surface area (Å²) in [5.41, 5.74) is 12.9. The zero-order valence-corrected chi connectivity index (χ0v) is 35.0. The molecule has 2 aromatic heterocycles. The largest absolute Gasteiger partial charge is 0.507 e. The lowest BCUT2D eigenvalue weighted by Gasteiger charge is -2.19. The number of aromatic nitrogens is 3. The topological polar surface area (TPSA) is 50.9 Å². The predicted octanol–water partition coefficient (Wildman–Crippen LogP) is 15.3. The van der Waals surface area contributed by atoms with E-state index in [2.05, 4.69) is 81.4 Å². The Labute approximate surface area is 368 Å². The van der Waals surface area contributed by atoms with Crippen LogP contribution >= 0.6 is 0 Å². The Morgan fingerprint density at radius 2 is 1.26 bits per heavy atom. The van der Waals surface area contributed by atoms with Gasteiger partial charge in [0.1, 0.15) is 11.6 Å². The summed E-state index contributed by atoms with van der Waals surface area (Å²) in [6.07, 6.45) is 1.84. The molecule has 0 aliphatic heterocycles. The van der Waals surface area contributed by atoms with Crippen molar-refractivity contribution in [3.05, 3.63) is 192 Å². The van der Waals surface area contributed by atoms with E-state index in [0.717, 1.165) is 55.8 Å². The molecule has 300 valence electrons. The average molecular weight is 800 g/mol. The third-order valence-corrected chi connectivity index (χ3v) is 11.6. The summed E-state index contributed by atoms with van der Waals surface area (Å²) < 4.78 is 54.1. The van der Waals surface area contributed by atoms with E-state index in [0.29, 0.717) is 33.7 Å². The van der Waals surface area contributed by atoms with Crippen molar-refractivity contribution in [1.29, 1.82) is 0 Å². The Kier molecular flexibility index (Phi) is 8.70. The molecule has 0 unspecified atom stereocenters. The number of aromatic hydroxyl groups is 1. The summed E-state index contributed by atoms with van der Waals surface area (Å²) >= 11 is 0. The van der Waals surface area contributed by atoms with E-state index < -0.39 is 13.7 Å². The zero-order chi connectivity index (χ0) is 47.4. The van der Waals surface area contributed by atoms with Gasteiger partial charge in [0.05, 0.1) is 22.3 Å². The van der Waals surface area contributed by atoms with Crippen molar-refractivity contribution >= 4 is 11.0 Å². The molecule has 0 spiro atoms. The molecule has 0 bridgehead atoms. The SMILES string of the molecule is [2H]C([2H])([2H])c1cc(-n2c(-c3cc(C(C)C)cc(C(C)C)c3O)nc3c(-c4cc(-c5ccccc5)cc(-c5cc(-c6ccc(C)cc6)ccn5)c4)cccc32)cc(-c2ccccc2)c1C([2H])([2H])[2H]. The summed E-state index contributed by atoms with van der Waals surface area (Å²) in [5, 5.41) is 12.3. The molecular weight excluding hydrogens is 743 g/mol. The van der Waals surface area contributed by atoms with Crippen molar-refractivity contribution in [2.75, 3.05) is 0 Å². The minimum absolute atomic E-state index is 0.0338. The molecule has 2 heterocycles. The van der Waals surface area contributed by atoms with Gasteiger partial charge in [0, 0.05) is 31.2 Å². The second-order valence-electron chi connectivity index (χ2n) is 16.5. The summed E-state index contributed by atoms with van der Waals surface area (Å²) in [6, 6.07) is 51.4. The first-order valence-corrected chi connectivity index (χ1v) is 20.8.